The van der Waals surface area contributed by atoms with E-state index in [1.165, 1.54) is 0 Å². The van der Waals surface area contributed by atoms with Crippen LogP contribution in [0.3, 0.4) is 0 Å². The summed E-state index contributed by atoms with van der Waals surface area (Å²) in [4.78, 5) is 19.4. The first-order valence-corrected chi connectivity index (χ1v) is 6.79. The molecule has 0 aliphatic heterocycles. The van der Waals surface area contributed by atoms with Crippen molar-refractivity contribution >= 4 is 17.5 Å². The van der Waals surface area contributed by atoms with E-state index in [1.807, 2.05) is 20.8 Å². The summed E-state index contributed by atoms with van der Waals surface area (Å²) < 4.78 is 5.09. The van der Waals surface area contributed by atoms with Gasteiger partial charge in [-0.1, -0.05) is 6.92 Å². The molecule has 0 fully saturated rings. The molecule has 112 valence electrons. The lowest BCUT2D eigenvalue weighted by atomic mass is 10.3. The molecule has 0 aromatic carbocycles. The van der Waals surface area contributed by atoms with E-state index in [2.05, 4.69) is 20.6 Å². The van der Waals surface area contributed by atoms with Crippen LogP contribution in [-0.4, -0.2) is 42.2 Å². The third kappa shape index (κ3) is 5.00. The maximum Gasteiger partial charge on any atom is 0.243 e. The number of nitrogens with zero attached hydrogens (tertiary/aromatic N) is 2. The van der Waals surface area contributed by atoms with E-state index in [0.717, 1.165) is 36.0 Å². The molecular weight excluding hydrogens is 258 g/mol. The summed E-state index contributed by atoms with van der Waals surface area (Å²) in [7, 11) is 0. The van der Waals surface area contributed by atoms with Crippen LogP contribution in [0.15, 0.2) is 0 Å². The van der Waals surface area contributed by atoms with Gasteiger partial charge in [0.2, 0.25) is 5.91 Å². The molecule has 0 aliphatic carbocycles. The highest BCUT2D eigenvalue weighted by atomic mass is 16.5. The van der Waals surface area contributed by atoms with Gasteiger partial charge in [-0.25, -0.2) is 9.97 Å². The lowest BCUT2D eigenvalue weighted by Crippen LogP contribution is -2.21. The average Bonchev–Trinajstić information content (AvgIpc) is 2.42. The molecule has 1 rings (SSSR count). The number of rotatable bonds is 9. The minimum Gasteiger partial charge on any atom is -0.370 e. The fraction of sp³-hybridized carbons (Fsp3) is 0.615. The molecule has 1 heterocycles. The second kappa shape index (κ2) is 8.31. The van der Waals surface area contributed by atoms with E-state index in [4.69, 9.17) is 10.5 Å². The Morgan fingerprint density at radius 1 is 1.25 bits per heavy atom. The summed E-state index contributed by atoms with van der Waals surface area (Å²) in [5, 5.41) is 6.42. The summed E-state index contributed by atoms with van der Waals surface area (Å²) in [5.41, 5.74) is 5.96. The molecule has 1 aromatic heterocycles. The van der Waals surface area contributed by atoms with Gasteiger partial charge < -0.3 is 21.1 Å². The van der Waals surface area contributed by atoms with E-state index < -0.39 is 5.91 Å². The first kappa shape index (κ1) is 16.2. The average molecular weight is 281 g/mol. The van der Waals surface area contributed by atoms with Crippen LogP contribution in [-0.2, 0) is 16.0 Å². The molecule has 1 aromatic rings. The topological polar surface area (TPSA) is 102 Å². The highest BCUT2D eigenvalue weighted by Gasteiger charge is 2.09. The quantitative estimate of drug-likeness (QED) is 0.576. The fourth-order valence-corrected chi connectivity index (χ4v) is 1.65. The Morgan fingerprint density at radius 3 is 2.45 bits per heavy atom. The van der Waals surface area contributed by atoms with Gasteiger partial charge in [-0.2, -0.15) is 0 Å². The number of nitrogens with two attached hydrogens (primary N) is 1. The van der Waals surface area contributed by atoms with E-state index in [0.29, 0.717) is 13.2 Å². The number of primary amides is 1. The van der Waals surface area contributed by atoms with Crippen molar-refractivity contribution in [1.29, 1.82) is 0 Å². The van der Waals surface area contributed by atoms with Crippen LogP contribution in [0.25, 0.3) is 0 Å². The van der Waals surface area contributed by atoms with Gasteiger partial charge in [0, 0.05) is 25.1 Å². The van der Waals surface area contributed by atoms with Crippen molar-refractivity contribution in [3.8, 4) is 0 Å². The van der Waals surface area contributed by atoms with Gasteiger partial charge in [0.25, 0.3) is 0 Å². The Bertz CT molecular complexity index is 451. The van der Waals surface area contributed by atoms with Crippen LogP contribution < -0.4 is 16.4 Å². The largest absolute Gasteiger partial charge is 0.370 e. The Labute approximate surface area is 119 Å². The second-order valence-electron chi connectivity index (χ2n) is 4.29. The molecule has 0 saturated carbocycles. The smallest absolute Gasteiger partial charge is 0.243 e. The lowest BCUT2D eigenvalue weighted by molar-refractivity contribution is -0.122. The number of amides is 1. The van der Waals surface area contributed by atoms with Gasteiger partial charge in [0.1, 0.15) is 24.1 Å². The number of nitrogens with one attached hydrogen (secondary N) is 2. The number of carbonyl (C=O) groups is 1. The van der Waals surface area contributed by atoms with Gasteiger partial charge in [-0.05, 0) is 13.8 Å². The zero-order chi connectivity index (χ0) is 15.0. The summed E-state index contributed by atoms with van der Waals surface area (Å²) >= 11 is 0. The van der Waals surface area contributed by atoms with Crippen molar-refractivity contribution in [2.45, 2.75) is 27.2 Å². The number of hydrogen-bond acceptors (Lipinski definition) is 6. The Morgan fingerprint density at radius 2 is 1.90 bits per heavy atom. The van der Waals surface area contributed by atoms with Gasteiger partial charge in [-0.3, -0.25) is 4.79 Å². The zero-order valence-electron chi connectivity index (χ0n) is 12.3. The van der Waals surface area contributed by atoms with E-state index in [9.17, 15) is 4.79 Å². The highest BCUT2D eigenvalue weighted by Crippen LogP contribution is 2.19. The first-order chi connectivity index (χ1) is 9.58. The maximum atomic E-state index is 10.5. The van der Waals surface area contributed by atoms with Crippen LogP contribution in [0.5, 0.6) is 0 Å². The van der Waals surface area contributed by atoms with Gasteiger partial charge in [0.05, 0.1) is 6.61 Å². The number of hydrogen-bond donors (Lipinski definition) is 3. The number of aromatic nitrogens is 2. The molecule has 0 atom stereocenters. The lowest BCUT2D eigenvalue weighted by Gasteiger charge is -2.14. The van der Waals surface area contributed by atoms with Crippen LogP contribution in [0, 0.1) is 6.92 Å². The molecule has 7 nitrogen and oxygen atoms in total. The second-order valence-corrected chi connectivity index (χ2v) is 4.29. The molecule has 0 aliphatic rings. The standard InChI is InChI=1S/C13H23N5O2/c1-4-11-17-12(15-5-2)9(3)13(18-11)16-6-7-20-8-10(14)19/h4-8H2,1-3H3,(H2,14,19)(H2,15,16,17,18). The molecule has 0 unspecified atom stereocenters. The fourth-order valence-electron chi connectivity index (χ4n) is 1.65. The number of ether oxygens (including phenoxy) is 1. The third-order valence-corrected chi connectivity index (χ3v) is 2.64. The predicted octanol–water partition coefficient (Wildman–Crippen LogP) is 0.693. The molecule has 1 amide bonds. The zero-order valence-corrected chi connectivity index (χ0v) is 12.3. The molecule has 0 spiro atoms. The van der Waals surface area contributed by atoms with Crippen LogP contribution in [0.4, 0.5) is 11.6 Å². The molecule has 0 saturated heterocycles. The molecule has 0 radical (unpaired) electrons. The molecular formula is C13H23N5O2. The highest BCUT2D eigenvalue weighted by molar-refractivity contribution is 5.74. The van der Waals surface area contributed by atoms with Crippen LogP contribution in [0.2, 0.25) is 0 Å². The summed E-state index contributed by atoms with van der Waals surface area (Å²) in [6.07, 6.45) is 0.769. The predicted molar refractivity (Wildman–Crippen MR) is 78.8 cm³/mol. The van der Waals surface area contributed by atoms with Crippen LogP contribution >= 0.6 is 0 Å². The molecule has 0 bridgehead atoms. The summed E-state index contributed by atoms with van der Waals surface area (Å²) in [5.74, 6) is 1.95. The van der Waals surface area contributed by atoms with Crippen molar-refractivity contribution in [2.24, 2.45) is 5.73 Å². The van der Waals surface area contributed by atoms with Crippen molar-refractivity contribution in [3.63, 3.8) is 0 Å². The normalized spacial score (nSPS) is 10.3. The maximum absolute atomic E-state index is 10.5. The van der Waals surface area contributed by atoms with Crippen molar-refractivity contribution < 1.29 is 9.53 Å². The van der Waals surface area contributed by atoms with Crippen molar-refractivity contribution in [3.05, 3.63) is 11.4 Å². The minimum absolute atomic E-state index is 0.0622. The van der Waals surface area contributed by atoms with Crippen LogP contribution in [0.1, 0.15) is 25.2 Å². The molecule has 20 heavy (non-hydrogen) atoms. The van der Waals surface area contributed by atoms with Gasteiger partial charge in [0.15, 0.2) is 0 Å². The molecule has 4 N–H and O–H groups in total. The summed E-state index contributed by atoms with van der Waals surface area (Å²) in [6.45, 7) is 7.70. The van der Waals surface area contributed by atoms with E-state index in [-0.39, 0.29) is 6.61 Å². The van der Waals surface area contributed by atoms with Crippen molar-refractivity contribution in [2.75, 3.05) is 36.9 Å². The monoisotopic (exact) mass is 281 g/mol. The van der Waals surface area contributed by atoms with E-state index in [1.54, 1.807) is 0 Å². The number of aryl methyl sites for hydroxylation is 1. The van der Waals surface area contributed by atoms with E-state index >= 15 is 0 Å². The Hall–Kier alpha value is -1.89. The minimum atomic E-state index is -0.467. The number of carbonyl (C=O) groups excluding carboxylic acids is 1. The van der Waals surface area contributed by atoms with Crippen molar-refractivity contribution in [1.82, 2.24) is 9.97 Å². The van der Waals surface area contributed by atoms with Gasteiger partial charge >= 0.3 is 0 Å². The summed E-state index contributed by atoms with van der Waals surface area (Å²) in [6, 6.07) is 0. The number of anilines is 2. The SMILES string of the molecule is CCNc1nc(CC)nc(NCCOCC(N)=O)c1C. The first-order valence-electron chi connectivity index (χ1n) is 6.79. The Balaban J connectivity index is 2.63. The van der Waals surface area contributed by atoms with Gasteiger partial charge in [-0.15, -0.1) is 0 Å². The Kier molecular flexibility index (Phi) is 6.72. The third-order valence-electron chi connectivity index (χ3n) is 2.64. The molecule has 7 heteroatoms.